The SMILES string of the molecule is Cc1cc(NC(=O)CCN2C[C@@H]3CCC[C@@]3(C(=O)O)C2)no1.Cl. The Kier molecular flexibility index (Phi) is 5.31. The number of carboxylic acids is 1. The van der Waals surface area contributed by atoms with Crippen molar-refractivity contribution in [2.24, 2.45) is 11.3 Å². The van der Waals surface area contributed by atoms with Crippen LogP contribution in [0.2, 0.25) is 0 Å². The quantitative estimate of drug-likeness (QED) is 0.848. The molecule has 1 amide bonds. The zero-order chi connectivity index (χ0) is 15.7. The standard InChI is InChI=1S/C15H21N3O4.ClH/c1-10-7-12(17-22-10)16-13(19)4-6-18-8-11-3-2-5-15(11,9-18)14(20)21;/h7,11H,2-6,8-9H2,1H3,(H,20,21)(H,16,17,19);1H/t11-,15+;/m0./s1. The van der Waals surface area contributed by atoms with Crippen molar-refractivity contribution >= 4 is 30.1 Å². The zero-order valence-electron chi connectivity index (χ0n) is 13.1. The molecule has 1 aliphatic carbocycles. The van der Waals surface area contributed by atoms with Crippen LogP contribution in [0.1, 0.15) is 31.4 Å². The minimum atomic E-state index is -0.681. The number of aliphatic carboxylic acids is 1. The van der Waals surface area contributed by atoms with Gasteiger partial charge in [0.1, 0.15) is 5.76 Å². The number of nitrogens with one attached hydrogen (secondary N) is 1. The van der Waals surface area contributed by atoms with Gasteiger partial charge in [-0.2, -0.15) is 0 Å². The molecule has 7 nitrogen and oxygen atoms in total. The maximum absolute atomic E-state index is 11.9. The van der Waals surface area contributed by atoms with E-state index in [0.29, 0.717) is 31.1 Å². The third-order valence-corrected chi connectivity index (χ3v) is 4.92. The minimum absolute atomic E-state index is 0. The van der Waals surface area contributed by atoms with E-state index >= 15 is 0 Å². The molecule has 1 saturated heterocycles. The van der Waals surface area contributed by atoms with Gasteiger partial charge in [-0.05, 0) is 25.7 Å². The first-order valence-electron chi connectivity index (χ1n) is 7.68. The van der Waals surface area contributed by atoms with Crippen molar-refractivity contribution in [2.75, 3.05) is 25.0 Å². The van der Waals surface area contributed by atoms with Crippen LogP contribution in [0.4, 0.5) is 5.82 Å². The van der Waals surface area contributed by atoms with Crippen LogP contribution in [0.25, 0.3) is 0 Å². The second-order valence-electron chi connectivity index (χ2n) is 6.41. The molecule has 128 valence electrons. The number of halogens is 1. The topological polar surface area (TPSA) is 95.7 Å². The molecule has 2 heterocycles. The molecule has 8 heteroatoms. The Morgan fingerprint density at radius 2 is 2.35 bits per heavy atom. The van der Waals surface area contributed by atoms with Crippen molar-refractivity contribution < 1.29 is 19.2 Å². The van der Waals surface area contributed by atoms with Gasteiger partial charge in [-0.1, -0.05) is 11.6 Å². The summed E-state index contributed by atoms with van der Waals surface area (Å²) < 4.78 is 4.89. The Morgan fingerprint density at radius 3 is 2.96 bits per heavy atom. The Labute approximate surface area is 140 Å². The summed E-state index contributed by atoms with van der Waals surface area (Å²) in [6.07, 6.45) is 3.06. The number of nitrogens with zero attached hydrogens (tertiary/aromatic N) is 2. The summed E-state index contributed by atoms with van der Waals surface area (Å²) in [5.74, 6) is 0.481. The molecule has 0 unspecified atom stereocenters. The van der Waals surface area contributed by atoms with Crippen molar-refractivity contribution in [3.63, 3.8) is 0 Å². The lowest BCUT2D eigenvalue weighted by Gasteiger charge is -2.23. The molecule has 1 aromatic heterocycles. The van der Waals surface area contributed by atoms with E-state index in [1.54, 1.807) is 13.0 Å². The van der Waals surface area contributed by atoms with Crippen molar-refractivity contribution in [1.29, 1.82) is 0 Å². The number of amides is 1. The highest BCUT2D eigenvalue weighted by molar-refractivity contribution is 5.89. The third-order valence-electron chi connectivity index (χ3n) is 4.92. The molecule has 2 atom stereocenters. The van der Waals surface area contributed by atoms with Crippen LogP contribution in [0.5, 0.6) is 0 Å². The van der Waals surface area contributed by atoms with E-state index in [0.717, 1.165) is 25.8 Å². The fourth-order valence-corrected chi connectivity index (χ4v) is 3.80. The van der Waals surface area contributed by atoms with Crippen molar-refractivity contribution in [2.45, 2.75) is 32.6 Å². The van der Waals surface area contributed by atoms with Crippen LogP contribution in [0, 0.1) is 18.3 Å². The van der Waals surface area contributed by atoms with E-state index < -0.39 is 11.4 Å². The number of rotatable bonds is 5. The number of fused-ring (bicyclic) bond motifs is 1. The van der Waals surface area contributed by atoms with Crippen molar-refractivity contribution in [3.8, 4) is 0 Å². The Hall–Kier alpha value is -1.60. The first kappa shape index (κ1) is 17.7. The van der Waals surface area contributed by atoms with Gasteiger partial charge in [0.25, 0.3) is 0 Å². The van der Waals surface area contributed by atoms with Gasteiger partial charge < -0.3 is 19.8 Å². The Bertz CT molecular complexity index is 591. The van der Waals surface area contributed by atoms with Crippen LogP contribution >= 0.6 is 12.4 Å². The van der Waals surface area contributed by atoms with Crippen LogP contribution < -0.4 is 5.32 Å². The van der Waals surface area contributed by atoms with Crippen LogP contribution in [0.15, 0.2) is 10.6 Å². The number of aromatic nitrogens is 1. The molecule has 1 aliphatic heterocycles. The molecule has 23 heavy (non-hydrogen) atoms. The summed E-state index contributed by atoms with van der Waals surface area (Å²) in [6, 6.07) is 1.66. The lowest BCUT2D eigenvalue weighted by Crippen LogP contribution is -2.36. The number of carbonyl (C=O) groups is 2. The Morgan fingerprint density at radius 1 is 1.57 bits per heavy atom. The molecular weight excluding hydrogens is 322 g/mol. The van der Waals surface area contributed by atoms with E-state index in [2.05, 4.69) is 15.4 Å². The van der Waals surface area contributed by atoms with Gasteiger partial charge in [0, 0.05) is 32.1 Å². The molecule has 0 bridgehead atoms. The maximum Gasteiger partial charge on any atom is 0.311 e. The predicted octanol–water partition coefficient (Wildman–Crippen LogP) is 1.92. The zero-order valence-corrected chi connectivity index (χ0v) is 13.9. The molecule has 0 aromatic carbocycles. The second-order valence-corrected chi connectivity index (χ2v) is 6.41. The van der Waals surface area contributed by atoms with Crippen LogP contribution in [-0.4, -0.2) is 46.7 Å². The highest BCUT2D eigenvalue weighted by atomic mass is 35.5. The molecule has 2 fully saturated rings. The second kappa shape index (κ2) is 6.88. The Balaban J connectivity index is 0.00000192. The van der Waals surface area contributed by atoms with Gasteiger partial charge in [-0.15, -0.1) is 12.4 Å². The number of hydrogen-bond donors (Lipinski definition) is 2. The largest absolute Gasteiger partial charge is 0.481 e. The summed E-state index contributed by atoms with van der Waals surface area (Å²) in [6.45, 7) is 3.68. The molecule has 1 aromatic rings. The highest BCUT2D eigenvalue weighted by Gasteiger charge is 2.54. The van der Waals surface area contributed by atoms with Gasteiger partial charge in [-0.25, -0.2) is 0 Å². The highest BCUT2D eigenvalue weighted by Crippen LogP contribution is 2.48. The molecular formula is C15H22ClN3O4. The van der Waals surface area contributed by atoms with E-state index in [9.17, 15) is 14.7 Å². The molecule has 0 radical (unpaired) electrons. The maximum atomic E-state index is 11.9. The van der Waals surface area contributed by atoms with E-state index in [1.165, 1.54) is 0 Å². The monoisotopic (exact) mass is 343 g/mol. The normalized spacial score (nSPS) is 26.6. The van der Waals surface area contributed by atoms with Gasteiger partial charge in [-0.3, -0.25) is 9.59 Å². The summed E-state index contributed by atoms with van der Waals surface area (Å²) in [4.78, 5) is 25.6. The fraction of sp³-hybridized carbons (Fsp3) is 0.667. The molecule has 0 spiro atoms. The average molecular weight is 344 g/mol. The van der Waals surface area contributed by atoms with Crippen LogP contribution in [-0.2, 0) is 9.59 Å². The molecule has 2 N–H and O–H groups in total. The van der Waals surface area contributed by atoms with Gasteiger partial charge in [0.05, 0.1) is 5.41 Å². The van der Waals surface area contributed by atoms with E-state index in [1.807, 2.05) is 0 Å². The lowest BCUT2D eigenvalue weighted by atomic mass is 9.81. The van der Waals surface area contributed by atoms with Gasteiger partial charge in [0.15, 0.2) is 5.82 Å². The average Bonchev–Trinajstić information content (AvgIpc) is 3.10. The number of anilines is 1. The summed E-state index contributed by atoms with van der Waals surface area (Å²) in [5, 5.41) is 15.9. The van der Waals surface area contributed by atoms with Crippen molar-refractivity contribution in [1.82, 2.24) is 10.1 Å². The molecule has 1 saturated carbocycles. The van der Waals surface area contributed by atoms with E-state index in [4.69, 9.17) is 4.52 Å². The van der Waals surface area contributed by atoms with Gasteiger partial charge in [0.2, 0.25) is 5.91 Å². The minimum Gasteiger partial charge on any atom is -0.481 e. The van der Waals surface area contributed by atoms with Crippen molar-refractivity contribution in [3.05, 3.63) is 11.8 Å². The predicted molar refractivity (Wildman–Crippen MR) is 85.6 cm³/mol. The van der Waals surface area contributed by atoms with Gasteiger partial charge >= 0.3 is 5.97 Å². The molecule has 2 aliphatic rings. The summed E-state index contributed by atoms with van der Waals surface area (Å²) in [5.41, 5.74) is -0.584. The smallest absolute Gasteiger partial charge is 0.311 e. The first-order chi connectivity index (χ1) is 10.5. The number of aryl methyl sites for hydroxylation is 1. The lowest BCUT2D eigenvalue weighted by molar-refractivity contribution is -0.149. The fourth-order valence-electron chi connectivity index (χ4n) is 3.80. The third kappa shape index (κ3) is 3.50. The number of hydrogen-bond acceptors (Lipinski definition) is 5. The van der Waals surface area contributed by atoms with Crippen LogP contribution in [0.3, 0.4) is 0 Å². The molecule has 3 rings (SSSR count). The number of carbonyl (C=O) groups excluding carboxylic acids is 1. The number of carboxylic acid groups (broad SMARTS) is 1. The van der Waals surface area contributed by atoms with E-state index in [-0.39, 0.29) is 24.2 Å². The number of likely N-dealkylation sites (tertiary alicyclic amines) is 1. The first-order valence-corrected chi connectivity index (χ1v) is 7.68. The summed E-state index contributed by atoms with van der Waals surface area (Å²) in [7, 11) is 0. The summed E-state index contributed by atoms with van der Waals surface area (Å²) >= 11 is 0.